The molecule has 1 fully saturated rings. The third-order valence-corrected chi connectivity index (χ3v) is 3.21. The lowest BCUT2D eigenvalue weighted by Crippen LogP contribution is -2.37. The van der Waals surface area contributed by atoms with Crippen LogP contribution in [0.4, 0.5) is 5.69 Å². The third kappa shape index (κ3) is 2.83. The highest BCUT2D eigenvalue weighted by molar-refractivity contribution is 9.10. The van der Waals surface area contributed by atoms with E-state index in [9.17, 15) is 4.79 Å². The Morgan fingerprint density at radius 3 is 2.94 bits per heavy atom. The van der Waals surface area contributed by atoms with Crippen LogP contribution in [-0.4, -0.2) is 30.1 Å². The van der Waals surface area contributed by atoms with Crippen LogP contribution in [0, 0.1) is 12.8 Å². The van der Waals surface area contributed by atoms with E-state index in [1.807, 2.05) is 13.0 Å². The molecule has 2 rings (SSSR count). The first-order valence-corrected chi connectivity index (χ1v) is 6.14. The summed E-state index contributed by atoms with van der Waals surface area (Å²) in [6.07, 6.45) is 0. The van der Waals surface area contributed by atoms with Crippen LogP contribution in [-0.2, 0) is 9.53 Å². The predicted molar refractivity (Wildman–Crippen MR) is 67.6 cm³/mol. The quantitative estimate of drug-likeness (QED) is 0.801. The number of anilines is 1. The number of aromatic nitrogens is 1. The standard InChI is InChI=1S/C11H14BrN3O2/c1-6-9(2-3-10(12)14-6)15-11(16)7-4-17-5-8(7)13/h2-3,7-8H,4-5,13H2,1H3,(H,15,16). The minimum absolute atomic E-state index is 0.109. The summed E-state index contributed by atoms with van der Waals surface area (Å²) in [5.41, 5.74) is 7.26. The average Bonchev–Trinajstić information content (AvgIpc) is 2.68. The van der Waals surface area contributed by atoms with Gasteiger partial charge in [0.05, 0.1) is 30.5 Å². The molecule has 2 heterocycles. The van der Waals surface area contributed by atoms with Gasteiger partial charge >= 0.3 is 0 Å². The van der Waals surface area contributed by atoms with Crippen LogP contribution in [0.15, 0.2) is 16.7 Å². The van der Waals surface area contributed by atoms with Crippen molar-refractivity contribution in [2.75, 3.05) is 18.5 Å². The highest BCUT2D eigenvalue weighted by atomic mass is 79.9. The number of halogens is 1. The number of nitrogens with zero attached hydrogens (tertiary/aromatic N) is 1. The zero-order chi connectivity index (χ0) is 12.4. The zero-order valence-corrected chi connectivity index (χ0v) is 11.0. The van der Waals surface area contributed by atoms with Crippen LogP contribution in [0.5, 0.6) is 0 Å². The molecule has 3 N–H and O–H groups in total. The largest absolute Gasteiger partial charge is 0.379 e. The van der Waals surface area contributed by atoms with Crippen LogP contribution >= 0.6 is 15.9 Å². The van der Waals surface area contributed by atoms with Crippen molar-refractivity contribution in [1.29, 1.82) is 0 Å². The Hall–Kier alpha value is -0.980. The first-order valence-electron chi connectivity index (χ1n) is 5.35. The van der Waals surface area contributed by atoms with E-state index in [4.69, 9.17) is 10.5 Å². The predicted octanol–water partition coefficient (Wildman–Crippen LogP) is 1.06. The van der Waals surface area contributed by atoms with Crippen molar-refractivity contribution in [3.05, 3.63) is 22.4 Å². The van der Waals surface area contributed by atoms with Gasteiger partial charge in [-0.05, 0) is 35.0 Å². The number of nitrogens with one attached hydrogen (secondary N) is 1. The Morgan fingerprint density at radius 1 is 1.59 bits per heavy atom. The third-order valence-electron chi connectivity index (χ3n) is 2.77. The summed E-state index contributed by atoms with van der Waals surface area (Å²) in [5.74, 6) is -0.389. The van der Waals surface area contributed by atoms with Crippen molar-refractivity contribution in [2.45, 2.75) is 13.0 Å². The summed E-state index contributed by atoms with van der Waals surface area (Å²) in [5, 5.41) is 2.83. The molecule has 1 aliphatic rings. The summed E-state index contributed by atoms with van der Waals surface area (Å²) < 4.78 is 5.91. The summed E-state index contributed by atoms with van der Waals surface area (Å²) in [7, 11) is 0. The zero-order valence-electron chi connectivity index (χ0n) is 9.44. The van der Waals surface area contributed by atoms with Gasteiger partial charge in [0.25, 0.3) is 0 Å². The lowest BCUT2D eigenvalue weighted by atomic mass is 10.0. The number of ether oxygens (including phenoxy) is 1. The van der Waals surface area contributed by atoms with Crippen LogP contribution in [0.2, 0.25) is 0 Å². The van der Waals surface area contributed by atoms with Gasteiger partial charge in [0.15, 0.2) is 0 Å². The van der Waals surface area contributed by atoms with Gasteiger partial charge in [0.2, 0.25) is 5.91 Å². The number of rotatable bonds is 2. The van der Waals surface area contributed by atoms with Gasteiger partial charge in [-0.15, -0.1) is 0 Å². The van der Waals surface area contributed by atoms with Gasteiger partial charge in [-0.25, -0.2) is 4.98 Å². The molecular weight excluding hydrogens is 286 g/mol. The number of hydrogen-bond acceptors (Lipinski definition) is 4. The summed E-state index contributed by atoms with van der Waals surface area (Å²) in [6, 6.07) is 3.37. The molecule has 0 spiro atoms. The Bertz CT molecular complexity index is 439. The SMILES string of the molecule is Cc1nc(Br)ccc1NC(=O)C1COCC1N. The van der Waals surface area contributed by atoms with Gasteiger partial charge in [-0.2, -0.15) is 0 Å². The highest BCUT2D eigenvalue weighted by Gasteiger charge is 2.31. The number of carbonyl (C=O) groups is 1. The van der Waals surface area contributed by atoms with Crippen LogP contribution in [0.1, 0.15) is 5.69 Å². The molecule has 1 amide bonds. The molecule has 17 heavy (non-hydrogen) atoms. The smallest absolute Gasteiger partial charge is 0.231 e. The van der Waals surface area contributed by atoms with E-state index in [2.05, 4.69) is 26.2 Å². The molecule has 1 saturated heterocycles. The molecule has 0 radical (unpaired) electrons. The van der Waals surface area contributed by atoms with Gasteiger partial charge < -0.3 is 15.8 Å². The number of hydrogen-bond donors (Lipinski definition) is 2. The fraction of sp³-hybridized carbons (Fsp3) is 0.455. The molecule has 2 atom stereocenters. The topological polar surface area (TPSA) is 77.2 Å². The van der Waals surface area contributed by atoms with Crippen molar-refractivity contribution in [1.82, 2.24) is 4.98 Å². The maximum atomic E-state index is 12.0. The van der Waals surface area contributed by atoms with E-state index in [0.29, 0.717) is 18.9 Å². The van der Waals surface area contributed by atoms with E-state index < -0.39 is 0 Å². The number of amides is 1. The van der Waals surface area contributed by atoms with Gasteiger partial charge in [0, 0.05) is 6.04 Å². The molecular formula is C11H14BrN3O2. The summed E-state index contributed by atoms with van der Waals surface area (Å²) in [6.45, 7) is 2.66. The Kier molecular flexibility index (Phi) is 3.76. The molecule has 0 aromatic carbocycles. The van der Waals surface area contributed by atoms with Crippen molar-refractivity contribution >= 4 is 27.5 Å². The van der Waals surface area contributed by atoms with Crippen molar-refractivity contribution in [3.8, 4) is 0 Å². The molecule has 0 saturated carbocycles. The highest BCUT2D eigenvalue weighted by Crippen LogP contribution is 2.19. The molecule has 1 aromatic rings. The molecule has 2 unspecified atom stereocenters. The molecule has 0 bridgehead atoms. The Balaban J connectivity index is 2.07. The van der Waals surface area contributed by atoms with Crippen molar-refractivity contribution < 1.29 is 9.53 Å². The maximum Gasteiger partial charge on any atom is 0.231 e. The fourth-order valence-corrected chi connectivity index (χ4v) is 2.13. The normalized spacial score (nSPS) is 23.7. The Morgan fingerprint density at radius 2 is 2.35 bits per heavy atom. The summed E-state index contributed by atoms with van der Waals surface area (Å²) in [4.78, 5) is 16.2. The maximum absolute atomic E-state index is 12.0. The summed E-state index contributed by atoms with van der Waals surface area (Å²) >= 11 is 3.27. The van der Waals surface area contributed by atoms with E-state index in [1.165, 1.54) is 0 Å². The van der Waals surface area contributed by atoms with E-state index in [0.717, 1.165) is 10.3 Å². The second-order valence-electron chi connectivity index (χ2n) is 4.06. The second kappa shape index (κ2) is 5.12. The van der Waals surface area contributed by atoms with Crippen LogP contribution < -0.4 is 11.1 Å². The van der Waals surface area contributed by atoms with Gasteiger partial charge in [0.1, 0.15) is 4.60 Å². The molecule has 92 valence electrons. The molecule has 0 aliphatic carbocycles. The average molecular weight is 300 g/mol. The number of pyridine rings is 1. The lowest BCUT2D eigenvalue weighted by molar-refractivity contribution is -0.120. The monoisotopic (exact) mass is 299 g/mol. The first kappa shape index (κ1) is 12.5. The van der Waals surface area contributed by atoms with Crippen molar-refractivity contribution in [3.63, 3.8) is 0 Å². The van der Waals surface area contributed by atoms with E-state index >= 15 is 0 Å². The van der Waals surface area contributed by atoms with Crippen molar-refractivity contribution in [2.24, 2.45) is 11.7 Å². The molecule has 5 nitrogen and oxygen atoms in total. The minimum Gasteiger partial charge on any atom is -0.379 e. The molecule has 1 aromatic heterocycles. The fourth-order valence-electron chi connectivity index (χ4n) is 1.73. The Labute approximate surface area is 108 Å². The van der Waals surface area contributed by atoms with Gasteiger partial charge in [-0.3, -0.25) is 4.79 Å². The van der Waals surface area contributed by atoms with E-state index in [-0.39, 0.29) is 17.9 Å². The first-order chi connectivity index (χ1) is 8.08. The van der Waals surface area contributed by atoms with Crippen LogP contribution in [0.3, 0.4) is 0 Å². The second-order valence-corrected chi connectivity index (χ2v) is 4.88. The minimum atomic E-state index is -0.280. The molecule has 6 heteroatoms. The number of nitrogens with two attached hydrogens (primary N) is 1. The molecule has 1 aliphatic heterocycles. The number of carbonyl (C=O) groups excluding carboxylic acids is 1. The lowest BCUT2D eigenvalue weighted by Gasteiger charge is -2.14. The number of aryl methyl sites for hydroxylation is 1. The van der Waals surface area contributed by atoms with E-state index in [1.54, 1.807) is 6.07 Å². The van der Waals surface area contributed by atoms with Gasteiger partial charge in [-0.1, -0.05) is 0 Å². The van der Waals surface area contributed by atoms with Crippen LogP contribution in [0.25, 0.3) is 0 Å².